The molecule has 0 bridgehead atoms. The molecule has 6 heteroatoms. The van der Waals surface area contributed by atoms with Gasteiger partial charge >= 0.3 is 5.97 Å². The summed E-state index contributed by atoms with van der Waals surface area (Å²) in [6.07, 6.45) is 6.99. The number of ether oxygens (including phenoxy) is 1. The summed E-state index contributed by atoms with van der Waals surface area (Å²) in [4.78, 5) is 14.5. The van der Waals surface area contributed by atoms with Gasteiger partial charge in [0.2, 0.25) is 0 Å². The maximum atomic E-state index is 12.4. The first-order valence-electron chi connectivity index (χ1n) is 11.1. The van der Waals surface area contributed by atoms with Crippen molar-refractivity contribution >= 4 is 62.9 Å². The number of nitrogens with zero attached hydrogens (tertiary/aromatic N) is 1. The number of unbranched alkanes of at least 4 members (excludes halogenated alkanes) is 1. The van der Waals surface area contributed by atoms with Crippen LogP contribution in [0.2, 0.25) is 0 Å². The van der Waals surface area contributed by atoms with Gasteiger partial charge in [-0.1, -0.05) is 80.1 Å². The Hall–Kier alpha value is -1.29. The number of aliphatic carboxylic acids is 1. The third kappa shape index (κ3) is 5.98. The van der Waals surface area contributed by atoms with E-state index in [9.17, 15) is 9.90 Å². The number of benzene rings is 2. The first-order chi connectivity index (χ1) is 15.2. The Morgan fingerprint density at radius 1 is 1.22 bits per heavy atom. The Bertz CT molecular complexity index is 958. The average Bonchev–Trinajstić information content (AvgIpc) is 2.75. The molecule has 2 unspecified atom stereocenters. The molecule has 1 heterocycles. The first kappa shape index (κ1) is 25.3. The van der Waals surface area contributed by atoms with Crippen molar-refractivity contribution in [3.05, 3.63) is 54.1 Å². The van der Waals surface area contributed by atoms with Crippen LogP contribution in [0.15, 0.2) is 48.5 Å². The van der Waals surface area contributed by atoms with Gasteiger partial charge in [-0.05, 0) is 75.9 Å². The number of carbonyl (C=O) groups is 1. The lowest BCUT2D eigenvalue weighted by Crippen LogP contribution is -2.53. The van der Waals surface area contributed by atoms with Crippen LogP contribution in [0.3, 0.4) is 0 Å². The van der Waals surface area contributed by atoms with E-state index in [4.69, 9.17) is 4.74 Å². The zero-order valence-corrected chi connectivity index (χ0v) is 23.2. The molecule has 0 fully saturated rings. The van der Waals surface area contributed by atoms with E-state index in [-0.39, 0.29) is 3.92 Å². The van der Waals surface area contributed by atoms with Gasteiger partial charge in [-0.25, -0.2) is 4.79 Å². The molecule has 4 nitrogen and oxygen atoms in total. The van der Waals surface area contributed by atoms with E-state index < -0.39 is 9.51 Å². The van der Waals surface area contributed by atoms with Crippen LogP contribution >= 0.6 is 45.2 Å². The summed E-state index contributed by atoms with van der Waals surface area (Å²) in [5, 5.41) is 10.2. The second-order valence-corrected chi connectivity index (χ2v) is 12.0. The van der Waals surface area contributed by atoms with Crippen LogP contribution in [0.5, 0.6) is 5.75 Å². The van der Waals surface area contributed by atoms with Crippen LogP contribution in [0, 0.1) is 5.92 Å². The molecular formula is C26H31I2NO3. The van der Waals surface area contributed by atoms with E-state index in [0.29, 0.717) is 18.9 Å². The molecule has 2 aromatic carbocycles. The van der Waals surface area contributed by atoms with Gasteiger partial charge in [0.1, 0.15) is 5.75 Å². The third-order valence-corrected chi connectivity index (χ3v) is 7.87. The Kier molecular flexibility index (Phi) is 8.89. The average molecular weight is 659 g/mol. The van der Waals surface area contributed by atoms with Gasteiger partial charge in [-0.15, -0.1) is 0 Å². The van der Waals surface area contributed by atoms with Gasteiger partial charge in [0, 0.05) is 22.6 Å². The molecule has 0 aliphatic carbocycles. The maximum absolute atomic E-state index is 12.4. The van der Waals surface area contributed by atoms with Crippen LogP contribution in [0.4, 0.5) is 5.69 Å². The van der Waals surface area contributed by atoms with Gasteiger partial charge in [0.05, 0.1) is 6.61 Å². The fraction of sp³-hybridized carbons (Fsp3) is 0.423. The summed E-state index contributed by atoms with van der Waals surface area (Å²) < 4.78 is 4.93. The highest BCUT2D eigenvalue weighted by Gasteiger charge is 2.44. The number of fused-ring (bicyclic) bond motifs is 1. The van der Waals surface area contributed by atoms with Crippen molar-refractivity contribution < 1.29 is 14.6 Å². The predicted molar refractivity (Wildman–Crippen MR) is 150 cm³/mol. The summed E-state index contributed by atoms with van der Waals surface area (Å²) >= 11 is 4.48. The van der Waals surface area contributed by atoms with Gasteiger partial charge in [-0.2, -0.15) is 0 Å². The number of rotatable bonds is 8. The zero-order valence-electron chi connectivity index (χ0n) is 18.9. The molecule has 32 heavy (non-hydrogen) atoms. The normalized spacial score (nSPS) is 20.6. The molecule has 1 aliphatic rings. The number of allylic oxidation sites excluding steroid dienone is 1. The molecule has 0 saturated carbocycles. The van der Waals surface area contributed by atoms with Gasteiger partial charge in [-0.3, -0.25) is 0 Å². The molecule has 0 aromatic heterocycles. The number of anilines is 1. The van der Waals surface area contributed by atoms with E-state index in [0.717, 1.165) is 47.6 Å². The lowest BCUT2D eigenvalue weighted by molar-refractivity contribution is -0.139. The first-order valence-corrected chi connectivity index (χ1v) is 13.5. The summed E-state index contributed by atoms with van der Waals surface area (Å²) in [6, 6.07) is 14.5. The van der Waals surface area contributed by atoms with Crippen LogP contribution in [0.25, 0.3) is 17.2 Å². The van der Waals surface area contributed by atoms with Crippen LogP contribution in [0.1, 0.15) is 45.6 Å². The Balaban J connectivity index is 1.99. The number of alkyl halides is 2. The largest absolute Gasteiger partial charge is 0.494 e. The van der Waals surface area contributed by atoms with E-state index >= 15 is 0 Å². The quantitative estimate of drug-likeness (QED) is 0.139. The van der Waals surface area contributed by atoms with Crippen LogP contribution in [-0.4, -0.2) is 31.7 Å². The summed E-state index contributed by atoms with van der Waals surface area (Å²) in [6.45, 7) is 7.84. The highest BCUT2D eigenvalue weighted by molar-refractivity contribution is 14.1. The van der Waals surface area contributed by atoms with Crippen molar-refractivity contribution in [1.82, 2.24) is 0 Å². The molecule has 0 saturated heterocycles. The van der Waals surface area contributed by atoms with Crippen molar-refractivity contribution in [3.8, 4) is 16.9 Å². The standard InChI is InChI=1S/C26H31I2NO3/c1-4-5-14-32-23-11-7-19(8-12-23)20-9-13-24-21(15-20)6-10-22(27)16-26(28,25(30)31)29(24)17-18(2)3/h6-13,15,18,22H,4-5,14,16-17H2,1-3H3,(H,30,31). The number of carboxylic acid groups (broad SMARTS) is 1. The lowest BCUT2D eigenvalue weighted by Gasteiger charge is -2.42. The van der Waals surface area contributed by atoms with E-state index in [2.05, 4.69) is 113 Å². The van der Waals surface area contributed by atoms with Crippen LogP contribution in [-0.2, 0) is 4.79 Å². The second-order valence-electron chi connectivity index (χ2n) is 8.65. The van der Waals surface area contributed by atoms with Gasteiger partial charge in [0.15, 0.2) is 3.55 Å². The van der Waals surface area contributed by atoms with E-state index in [1.165, 1.54) is 0 Å². The molecule has 3 rings (SSSR count). The van der Waals surface area contributed by atoms with Crippen molar-refractivity contribution in [3.63, 3.8) is 0 Å². The Morgan fingerprint density at radius 2 is 1.91 bits per heavy atom. The topological polar surface area (TPSA) is 49.8 Å². The molecule has 2 aromatic rings. The summed E-state index contributed by atoms with van der Waals surface area (Å²) in [5.41, 5.74) is 4.25. The van der Waals surface area contributed by atoms with Crippen molar-refractivity contribution in [2.24, 2.45) is 5.92 Å². The number of hydrogen-bond donors (Lipinski definition) is 1. The molecule has 2 atom stereocenters. The second kappa shape index (κ2) is 11.2. The summed E-state index contributed by atoms with van der Waals surface area (Å²) in [7, 11) is 0. The fourth-order valence-electron chi connectivity index (χ4n) is 3.84. The van der Waals surface area contributed by atoms with Crippen molar-refractivity contribution in [2.45, 2.75) is 47.5 Å². The molecule has 0 radical (unpaired) electrons. The highest BCUT2D eigenvalue weighted by Crippen LogP contribution is 2.42. The molecule has 1 N–H and O–H groups in total. The Labute approximate surface area is 218 Å². The SMILES string of the molecule is CCCCOc1ccc(-c2ccc3c(c2)C=CC(I)CC(I)(C(=O)O)N3CC(C)C)cc1. The van der Waals surface area contributed by atoms with Gasteiger partial charge < -0.3 is 14.7 Å². The zero-order chi connectivity index (χ0) is 23.3. The minimum Gasteiger partial charge on any atom is -0.494 e. The Morgan fingerprint density at radius 3 is 2.53 bits per heavy atom. The number of carboxylic acids is 1. The summed E-state index contributed by atoms with van der Waals surface area (Å²) in [5.74, 6) is 0.442. The minimum atomic E-state index is -0.994. The molecule has 0 amide bonds. The van der Waals surface area contributed by atoms with Gasteiger partial charge in [0.25, 0.3) is 0 Å². The molecular weight excluding hydrogens is 628 g/mol. The highest BCUT2D eigenvalue weighted by atomic mass is 127. The molecule has 0 spiro atoms. The van der Waals surface area contributed by atoms with E-state index in [1.807, 2.05) is 12.1 Å². The number of halogens is 2. The smallest absolute Gasteiger partial charge is 0.339 e. The fourth-order valence-corrected chi connectivity index (χ4v) is 6.46. The van der Waals surface area contributed by atoms with Crippen LogP contribution < -0.4 is 9.64 Å². The van der Waals surface area contributed by atoms with Crippen molar-refractivity contribution in [1.29, 1.82) is 0 Å². The third-order valence-electron chi connectivity index (χ3n) is 5.53. The molecule has 1 aliphatic heterocycles. The monoisotopic (exact) mass is 659 g/mol. The predicted octanol–water partition coefficient (Wildman–Crippen LogP) is 7.43. The van der Waals surface area contributed by atoms with E-state index in [1.54, 1.807) is 0 Å². The number of hydrogen-bond acceptors (Lipinski definition) is 3. The lowest BCUT2D eigenvalue weighted by atomic mass is 9.96. The molecule has 172 valence electrons. The minimum absolute atomic E-state index is 0.131. The maximum Gasteiger partial charge on any atom is 0.339 e. The van der Waals surface area contributed by atoms with Crippen molar-refractivity contribution in [2.75, 3.05) is 18.1 Å².